The van der Waals surface area contributed by atoms with Crippen LogP contribution in [-0.2, 0) is 19.3 Å². The Bertz CT molecular complexity index is 822. The van der Waals surface area contributed by atoms with Crippen LogP contribution in [0.25, 0.3) is 5.69 Å². The van der Waals surface area contributed by atoms with Crippen LogP contribution in [0.4, 0.5) is 0 Å². The first-order valence-corrected chi connectivity index (χ1v) is 10.8. The number of carbonyl (C=O) groups excluding carboxylic acids is 1. The molecule has 2 heterocycles. The molecule has 2 aromatic rings. The summed E-state index contributed by atoms with van der Waals surface area (Å²) < 4.78 is 2.02. The van der Waals surface area contributed by atoms with Crippen molar-refractivity contribution in [3.63, 3.8) is 0 Å². The molecule has 1 N–H and O–H groups in total. The Morgan fingerprint density at radius 2 is 1.90 bits per heavy atom. The van der Waals surface area contributed by atoms with Gasteiger partial charge in [-0.3, -0.25) is 4.79 Å². The van der Waals surface area contributed by atoms with Crippen molar-refractivity contribution in [1.82, 2.24) is 20.0 Å². The van der Waals surface area contributed by atoms with E-state index in [0.717, 1.165) is 69.8 Å². The van der Waals surface area contributed by atoms with Crippen LogP contribution in [0.1, 0.15) is 59.9 Å². The number of aryl methyl sites for hydroxylation is 1. The predicted molar refractivity (Wildman–Crippen MR) is 119 cm³/mol. The lowest BCUT2D eigenvalue weighted by Gasteiger charge is -2.31. The third-order valence-electron chi connectivity index (χ3n) is 6.43. The van der Waals surface area contributed by atoms with Gasteiger partial charge >= 0.3 is 0 Å². The number of piperidine rings is 1. The fourth-order valence-corrected chi connectivity index (χ4v) is 4.62. The van der Waals surface area contributed by atoms with E-state index >= 15 is 0 Å². The lowest BCUT2D eigenvalue weighted by atomic mass is 9.93. The average molecular weight is 417 g/mol. The van der Waals surface area contributed by atoms with Crippen LogP contribution in [0.3, 0.4) is 0 Å². The molecule has 1 amide bonds. The number of hydrogen-bond donors (Lipinski definition) is 1. The van der Waals surface area contributed by atoms with Gasteiger partial charge in [-0.25, -0.2) is 4.68 Å². The van der Waals surface area contributed by atoms with E-state index in [4.69, 9.17) is 5.10 Å². The van der Waals surface area contributed by atoms with Crippen molar-refractivity contribution < 1.29 is 4.79 Å². The highest BCUT2D eigenvalue weighted by Crippen LogP contribution is 2.30. The van der Waals surface area contributed by atoms with Crippen molar-refractivity contribution in [3.8, 4) is 5.69 Å². The molecule has 29 heavy (non-hydrogen) atoms. The molecule has 6 heteroatoms. The Labute approximate surface area is 180 Å². The summed E-state index contributed by atoms with van der Waals surface area (Å²) in [5, 5.41) is 8.05. The Morgan fingerprint density at radius 1 is 1.17 bits per heavy atom. The molecule has 2 aliphatic rings. The zero-order valence-electron chi connectivity index (χ0n) is 17.6. The van der Waals surface area contributed by atoms with Gasteiger partial charge in [0.05, 0.1) is 5.69 Å². The summed E-state index contributed by atoms with van der Waals surface area (Å²) in [7, 11) is 2.01. The predicted octanol–water partition coefficient (Wildman–Crippen LogP) is 3.81. The summed E-state index contributed by atoms with van der Waals surface area (Å²) in [6.07, 6.45) is 7.55. The minimum absolute atomic E-state index is 0. The maximum absolute atomic E-state index is 13.3. The lowest BCUT2D eigenvalue weighted by Crippen LogP contribution is -2.39. The molecule has 0 spiro atoms. The Kier molecular flexibility index (Phi) is 7.36. The smallest absolute Gasteiger partial charge is 0.274 e. The van der Waals surface area contributed by atoms with Crippen molar-refractivity contribution >= 4 is 18.3 Å². The van der Waals surface area contributed by atoms with E-state index in [1.54, 1.807) is 0 Å². The molecule has 0 saturated carbocycles. The first kappa shape index (κ1) is 21.8. The molecule has 0 radical (unpaired) electrons. The highest BCUT2D eigenvalue weighted by molar-refractivity contribution is 5.94. The van der Waals surface area contributed by atoms with Crippen molar-refractivity contribution in [2.75, 3.05) is 26.7 Å². The van der Waals surface area contributed by atoms with Crippen LogP contribution < -0.4 is 5.32 Å². The quantitative estimate of drug-likeness (QED) is 0.779. The maximum Gasteiger partial charge on any atom is 0.274 e. The van der Waals surface area contributed by atoms with Gasteiger partial charge in [0.2, 0.25) is 0 Å². The van der Waals surface area contributed by atoms with Crippen molar-refractivity contribution in [3.05, 3.63) is 46.8 Å². The van der Waals surface area contributed by atoms with Crippen molar-refractivity contribution in [1.29, 1.82) is 0 Å². The third-order valence-corrected chi connectivity index (χ3v) is 6.43. The molecule has 1 aliphatic carbocycles. The van der Waals surface area contributed by atoms with E-state index in [0.29, 0.717) is 5.69 Å². The maximum atomic E-state index is 13.3. The van der Waals surface area contributed by atoms with Gasteiger partial charge in [0, 0.05) is 24.3 Å². The standard InChI is InChI=1S/C23H32N4O.ClH/c1-3-17-7-9-19(10-8-17)27-21-6-4-5-20(21)22(25-27)23(28)26-15-12-18(13-16-26)11-14-24-2;/h7-10,18,24H,3-6,11-16H2,1-2H3;1H. The highest BCUT2D eigenvalue weighted by atomic mass is 35.5. The van der Waals surface area contributed by atoms with Crippen LogP contribution in [0, 0.1) is 5.92 Å². The SMILES string of the molecule is CCc1ccc(-n2nc(C(=O)N3CCC(CCNC)CC3)c3c2CCC3)cc1.Cl. The molecule has 1 saturated heterocycles. The number of nitrogens with one attached hydrogen (secondary N) is 1. The molecule has 1 fully saturated rings. The second-order valence-electron chi connectivity index (χ2n) is 8.19. The van der Waals surface area contributed by atoms with Crippen LogP contribution in [0.2, 0.25) is 0 Å². The van der Waals surface area contributed by atoms with Gasteiger partial charge in [-0.15, -0.1) is 12.4 Å². The molecular weight excluding hydrogens is 384 g/mol. The van der Waals surface area contributed by atoms with Gasteiger partial charge in [-0.05, 0) is 82.2 Å². The summed E-state index contributed by atoms with van der Waals surface area (Å²) in [4.78, 5) is 15.3. The summed E-state index contributed by atoms with van der Waals surface area (Å²) >= 11 is 0. The first-order valence-electron chi connectivity index (χ1n) is 10.8. The number of fused-ring (bicyclic) bond motifs is 1. The Balaban J connectivity index is 0.00000240. The van der Waals surface area contributed by atoms with Gasteiger partial charge in [-0.2, -0.15) is 5.10 Å². The first-order chi connectivity index (χ1) is 13.7. The fraction of sp³-hybridized carbons (Fsp3) is 0.565. The molecule has 1 aromatic carbocycles. The van der Waals surface area contributed by atoms with Crippen molar-refractivity contribution in [2.24, 2.45) is 5.92 Å². The van der Waals surface area contributed by atoms with E-state index in [1.165, 1.54) is 23.2 Å². The molecule has 0 bridgehead atoms. The monoisotopic (exact) mass is 416 g/mol. The number of halogens is 1. The number of rotatable bonds is 6. The van der Waals surface area contributed by atoms with E-state index in [1.807, 2.05) is 16.6 Å². The Hall–Kier alpha value is -1.85. The summed E-state index contributed by atoms with van der Waals surface area (Å²) in [5.41, 5.74) is 5.50. The zero-order chi connectivity index (χ0) is 19.5. The van der Waals surface area contributed by atoms with Crippen LogP contribution in [0.5, 0.6) is 0 Å². The summed E-state index contributed by atoms with van der Waals surface area (Å²) in [5.74, 6) is 0.867. The zero-order valence-corrected chi connectivity index (χ0v) is 18.4. The number of likely N-dealkylation sites (tertiary alicyclic amines) is 1. The molecule has 1 aliphatic heterocycles. The molecule has 1 aromatic heterocycles. The number of benzene rings is 1. The van der Waals surface area contributed by atoms with Gasteiger partial charge in [0.15, 0.2) is 5.69 Å². The van der Waals surface area contributed by atoms with Crippen LogP contribution in [0.15, 0.2) is 24.3 Å². The second kappa shape index (κ2) is 9.77. The third kappa shape index (κ3) is 4.51. The minimum atomic E-state index is 0. The van der Waals surface area contributed by atoms with Crippen LogP contribution >= 0.6 is 12.4 Å². The second-order valence-corrected chi connectivity index (χ2v) is 8.19. The number of carbonyl (C=O) groups is 1. The number of nitrogens with zero attached hydrogens (tertiary/aromatic N) is 3. The summed E-state index contributed by atoms with van der Waals surface area (Å²) in [6.45, 7) is 4.95. The molecule has 0 unspecified atom stereocenters. The van der Waals surface area contributed by atoms with E-state index < -0.39 is 0 Å². The van der Waals surface area contributed by atoms with Crippen molar-refractivity contribution in [2.45, 2.75) is 51.9 Å². The normalized spacial score (nSPS) is 16.6. The van der Waals surface area contributed by atoms with Gasteiger partial charge in [0.1, 0.15) is 0 Å². The van der Waals surface area contributed by atoms with Gasteiger partial charge in [0.25, 0.3) is 5.91 Å². The molecular formula is C23H33ClN4O. The minimum Gasteiger partial charge on any atom is -0.337 e. The lowest BCUT2D eigenvalue weighted by molar-refractivity contribution is 0.0679. The van der Waals surface area contributed by atoms with E-state index in [-0.39, 0.29) is 18.3 Å². The topological polar surface area (TPSA) is 50.2 Å². The van der Waals surface area contributed by atoms with E-state index in [9.17, 15) is 4.79 Å². The molecule has 4 rings (SSSR count). The summed E-state index contributed by atoms with van der Waals surface area (Å²) in [6, 6.07) is 8.59. The highest BCUT2D eigenvalue weighted by Gasteiger charge is 2.31. The molecule has 158 valence electrons. The molecule has 5 nitrogen and oxygen atoms in total. The number of amides is 1. The number of aromatic nitrogens is 2. The largest absolute Gasteiger partial charge is 0.337 e. The molecule has 0 atom stereocenters. The van der Waals surface area contributed by atoms with E-state index in [2.05, 4.69) is 36.5 Å². The fourth-order valence-electron chi connectivity index (χ4n) is 4.62. The number of hydrogen-bond acceptors (Lipinski definition) is 3. The average Bonchev–Trinajstić information content (AvgIpc) is 3.35. The Morgan fingerprint density at radius 3 is 2.55 bits per heavy atom. The van der Waals surface area contributed by atoms with Crippen LogP contribution in [-0.4, -0.2) is 47.3 Å². The van der Waals surface area contributed by atoms with Gasteiger partial charge < -0.3 is 10.2 Å². The van der Waals surface area contributed by atoms with Gasteiger partial charge in [-0.1, -0.05) is 19.1 Å².